The molecule has 3 aromatic rings. The second-order valence-corrected chi connectivity index (χ2v) is 6.92. The lowest BCUT2D eigenvalue weighted by atomic mass is 9.89. The van der Waals surface area contributed by atoms with E-state index in [1.54, 1.807) is 55.5 Å². The highest BCUT2D eigenvalue weighted by Crippen LogP contribution is 2.29. The number of carbonyl (C=O) groups is 3. The maximum atomic E-state index is 12.9. The Balaban J connectivity index is 1.49. The van der Waals surface area contributed by atoms with Gasteiger partial charge in [0.05, 0.1) is 11.8 Å². The van der Waals surface area contributed by atoms with Gasteiger partial charge in [0, 0.05) is 17.8 Å². The largest absolute Gasteiger partial charge is 0.459 e. The van der Waals surface area contributed by atoms with Crippen LogP contribution in [0.3, 0.4) is 0 Å². The highest BCUT2D eigenvalue weighted by atomic mass is 16.6. The van der Waals surface area contributed by atoms with Crippen LogP contribution in [0.4, 0.5) is 11.4 Å². The van der Waals surface area contributed by atoms with E-state index < -0.39 is 23.4 Å². The molecule has 0 unspecified atom stereocenters. The summed E-state index contributed by atoms with van der Waals surface area (Å²) in [4.78, 5) is 37.3. The Morgan fingerprint density at radius 3 is 2.48 bits per heavy atom. The molecular formula is C22H18N2O5. The number of fused-ring (bicyclic) bond motifs is 1. The highest BCUT2D eigenvalue weighted by Gasteiger charge is 2.42. The molecule has 1 aliphatic rings. The van der Waals surface area contributed by atoms with Crippen LogP contribution in [0.15, 0.2) is 71.3 Å². The molecule has 2 N–H and O–H groups in total. The molecule has 2 heterocycles. The number of rotatable bonds is 4. The van der Waals surface area contributed by atoms with Crippen molar-refractivity contribution in [3.05, 3.63) is 83.8 Å². The minimum Gasteiger partial charge on any atom is -0.459 e. The van der Waals surface area contributed by atoms with Gasteiger partial charge in [-0.1, -0.05) is 24.3 Å². The summed E-state index contributed by atoms with van der Waals surface area (Å²) in [5.41, 5.74) is 0.851. The van der Waals surface area contributed by atoms with Gasteiger partial charge in [0.25, 0.3) is 11.8 Å². The molecule has 2 amide bonds. The molecule has 0 radical (unpaired) electrons. The average molecular weight is 390 g/mol. The summed E-state index contributed by atoms with van der Waals surface area (Å²) in [7, 11) is 0. The van der Waals surface area contributed by atoms with Crippen LogP contribution in [0.25, 0.3) is 0 Å². The third kappa shape index (κ3) is 3.75. The van der Waals surface area contributed by atoms with Crippen molar-refractivity contribution >= 4 is 29.2 Å². The van der Waals surface area contributed by atoms with Crippen LogP contribution in [-0.4, -0.2) is 23.4 Å². The minimum absolute atomic E-state index is 0.180. The van der Waals surface area contributed by atoms with Gasteiger partial charge in [0.2, 0.25) is 0 Å². The molecule has 2 aromatic carbocycles. The molecule has 1 atom stereocenters. The second-order valence-electron chi connectivity index (χ2n) is 6.92. The van der Waals surface area contributed by atoms with Crippen LogP contribution < -0.4 is 10.6 Å². The first kappa shape index (κ1) is 18.5. The van der Waals surface area contributed by atoms with E-state index in [1.807, 2.05) is 12.1 Å². The molecule has 1 aromatic heterocycles. The van der Waals surface area contributed by atoms with Gasteiger partial charge < -0.3 is 19.8 Å². The maximum absolute atomic E-state index is 12.9. The van der Waals surface area contributed by atoms with E-state index in [0.29, 0.717) is 16.9 Å². The fourth-order valence-electron chi connectivity index (χ4n) is 3.20. The van der Waals surface area contributed by atoms with Gasteiger partial charge in [-0.3, -0.25) is 9.59 Å². The first-order chi connectivity index (χ1) is 13.9. The Labute approximate surface area is 166 Å². The van der Waals surface area contributed by atoms with Crippen LogP contribution in [-0.2, 0) is 16.0 Å². The molecule has 0 saturated carbocycles. The zero-order valence-corrected chi connectivity index (χ0v) is 15.6. The van der Waals surface area contributed by atoms with Crippen molar-refractivity contribution in [2.45, 2.75) is 18.9 Å². The molecule has 0 aliphatic carbocycles. The van der Waals surface area contributed by atoms with Gasteiger partial charge in [0.1, 0.15) is 0 Å². The number of amides is 2. The number of carbonyl (C=O) groups excluding carboxylic acids is 3. The Bertz CT molecular complexity index is 1090. The lowest BCUT2D eigenvalue weighted by Crippen LogP contribution is -2.48. The van der Waals surface area contributed by atoms with Crippen molar-refractivity contribution in [1.29, 1.82) is 0 Å². The standard InChI is InChI=1S/C22H18N2O5/c1-22(13-14-6-2-3-9-17(14)20(26)29-22)21(27)24-16-8-4-7-15(12-16)23-19(25)18-10-5-11-28-18/h2-12H,13H2,1H3,(H,23,25)(H,24,27)/t22-/m0/s1. The molecule has 7 nitrogen and oxygen atoms in total. The third-order valence-electron chi connectivity index (χ3n) is 4.69. The highest BCUT2D eigenvalue weighted by molar-refractivity contribution is 6.04. The number of hydrogen-bond donors (Lipinski definition) is 2. The fourth-order valence-corrected chi connectivity index (χ4v) is 3.20. The second kappa shape index (κ2) is 7.27. The van der Waals surface area contributed by atoms with E-state index in [0.717, 1.165) is 5.56 Å². The van der Waals surface area contributed by atoms with E-state index in [9.17, 15) is 14.4 Å². The molecule has 0 saturated heterocycles. The van der Waals surface area contributed by atoms with Crippen molar-refractivity contribution in [3.63, 3.8) is 0 Å². The topological polar surface area (TPSA) is 97.6 Å². The van der Waals surface area contributed by atoms with Crippen molar-refractivity contribution < 1.29 is 23.5 Å². The molecule has 0 spiro atoms. The number of ether oxygens (including phenoxy) is 1. The summed E-state index contributed by atoms with van der Waals surface area (Å²) < 4.78 is 10.5. The van der Waals surface area contributed by atoms with E-state index in [4.69, 9.17) is 9.15 Å². The summed E-state index contributed by atoms with van der Waals surface area (Å²) in [5.74, 6) is -1.19. The van der Waals surface area contributed by atoms with Crippen LogP contribution in [0.2, 0.25) is 0 Å². The Hall–Kier alpha value is -3.87. The number of hydrogen-bond acceptors (Lipinski definition) is 5. The SMILES string of the molecule is C[C@@]1(C(=O)Nc2cccc(NC(=O)c3ccco3)c2)Cc2ccccc2C(=O)O1. The van der Waals surface area contributed by atoms with Gasteiger partial charge in [-0.05, 0) is 48.9 Å². The van der Waals surface area contributed by atoms with Gasteiger partial charge in [0.15, 0.2) is 11.4 Å². The van der Waals surface area contributed by atoms with Crippen molar-refractivity contribution in [2.24, 2.45) is 0 Å². The van der Waals surface area contributed by atoms with Crippen molar-refractivity contribution in [2.75, 3.05) is 10.6 Å². The average Bonchev–Trinajstić information content (AvgIpc) is 3.23. The van der Waals surface area contributed by atoms with Crippen molar-refractivity contribution in [3.8, 4) is 0 Å². The molecule has 4 rings (SSSR count). The van der Waals surface area contributed by atoms with E-state index in [1.165, 1.54) is 6.26 Å². The van der Waals surface area contributed by atoms with Gasteiger partial charge in [-0.2, -0.15) is 0 Å². The van der Waals surface area contributed by atoms with E-state index in [2.05, 4.69) is 10.6 Å². The Kier molecular flexibility index (Phi) is 4.64. The van der Waals surface area contributed by atoms with Gasteiger partial charge >= 0.3 is 5.97 Å². The predicted octanol–water partition coefficient (Wildman–Crippen LogP) is 3.64. The van der Waals surface area contributed by atoms with Crippen LogP contribution >= 0.6 is 0 Å². The lowest BCUT2D eigenvalue weighted by Gasteiger charge is -2.33. The van der Waals surface area contributed by atoms with E-state index >= 15 is 0 Å². The minimum atomic E-state index is -1.33. The number of benzene rings is 2. The molecule has 29 heavy (non-hydrogen) atoms. The molecule has 7 heteroatoms. The monoisotopic (exact) mass is 390 g/mol. The summed E-state index contributed by atoms with van der Waals surface area (Å²) in [6.45, 7) is 1.58. The summed E-state index contributed by atoms with van der Waals surface area (Å²) >= 11 is 0. The van der Waals surface area contributed by atoms with Gasteiger partial charge in [-0.15, -0.1) is 0 Å². The molecule has 0 fully saturated rings. The predicted molar refractivity (Wildman–Crippen MR) is 106 cm³/mol. The lowest BCUT2D eigenvalue weighted by molar-refractivity contribution is -0.134. The quantitative estimate of drug-likeness (QED) is 0.663. The Morgan fingerprint density at radius 2 is 1.72 bits per heavy atom. The molecular weight excluding hydrogens is 372 g/mol. The third-order valence-corrected chi connectivity index (χ3v) is 4.69. The number of anilines is 2. The fraction of sp³-hybridized carbons (Fsp3) is 0.136. The molecule has 1 aliphatic heterocycles. The van der Waals surface area contributed by atoms with Crippen LogP contribution in [0.1, 0.15) is 33.4 Å². The van der Waals surface area contributed by atoms with E-state index in [-0.39, 0.29) is 12.2 Å². The summed E-state index contributed by atoms with van der Waals surface area (Å²) in [6.07, 6.45) is 1.69. The number of nitrogens with one attached hydrogen (secondary N) is 2. The normalized spacial score (nSPS) is 17.8. The number of esters is 1. The smallest absolute Gasteiger partial charge is 0.339 e. The van der Waals surface area contributed by atoms with Crippen LogP contribution in [0, 0.1) is 0 Å². The zero-order valence-electron chi connectivity index (χ0n) is 15.6. The number of cyclic esters (lactones) is 1. The van der Waals surface area contributed by atoms with Crippen molar-refractivity contribution in [1.82, 2.24) is 0 Å². The Morgan fingerprint density at radius 1 is 0.966 bits per heavy atom. The summed E-state index contributed by atoms with van der Waals surface area (Å²) in [6, 6.07) is 16.9. The molecule has 146 valence electrons. The molecule has 0 bridgehead atoms. The van der Waals surface area contributed by atoms with Crippen LogP contribution in [0.5, 0.6) is 0 Å². The first-order valence-corrected chi connectivity index (χ1v) is 9.02. The summed E-state index contributed by atoms with van der Waals surface area (Å²) in [5, 5.41) is 5.46. The zero-order chi connectivity index (χ0) is 20.4. The number of furan rings is 1. The maximum Gasteiger partial charge on any atom is 0.339 e. The van der Waals surface area contributed by atoms with Gasteiger partial charge in [-0.25, -0.2) is 4.79 Å². The first-order valence-electron chi connectivity index (χ1n) is 9.02.